The van der Waals surface area contributed by atoms with Crippen molar-refractivity contribution < 1.29 is 4.79 Å². The minimum absolute atomic E-state index is 0.379. The lowest BCUT2D eigenvalue weighted by Crippen LogP contribution is -2.40. The lowest BCUT2D eigenvalue weighted by molar-refractivity contribution is -0.135. The molecule has 3 nitrogen and oxygen atoms in total. The van der Waals surface area contributed by atoms with Gasteiger partial charge in [0.15, 0.2) is 0 Å². The first-order chi connectivity index (χ1) is 10.3. The van der Waals surface area contributed by atoms with Gasteiger partial charge in [0, 0.05) is 18.5 Å². The van der Waals surface area contributed by atoms with Crippen molar-refractivity contribution in [3.8, 4) is 0 Å². The first-order valence-corrected chi connectivity index (χ1v) is 9.30. The summed E-state index contributed by atoms with van der Waals surface area (Å²) in [6.45, 7) is 3.32. The quantitative estimate of drug-likeness (QED) is 0.863. The third kappa shape index (κ3) is 2.86. The number of carbonyl (C=O) groups is 1. The van der Waals surface area contributed by atoms with Crippen LogP contribution in [0.15, 0.2) is 0 Å². The lowest BCUT2D eigenvalue weighted by atomic mass is 9.88. The van der Waals surface area contributed by atoms with Crippen LogP contribution in [-0.4, -0.2) is 36.5 Å². The van der Waals surface area contributed by atoms with E-state index in [1.165, 1.54) is 64.2 Å². The van der Waals surface area contributed by atoms with Crippen LogP contribution in [0.25, 0.3) is 0 Å². The van der Waals surface area contributed by atoms with Gasteiger partial charge < -0.3 is 10.2 Å². The van der Waals surface area contributed by atoms with Gasteiger partial charge in [-0.2, -0.15) is 0 Å². The van der Waals surface area contributed by atoms with E-state index in [1.807, 2.05) is 0 Å². The molecule has 1 N–H and O–H groups in total. The van der Waals surface area contributed by atoms with Gasteiger partial charge in [0.05, 0.1) is 0 Å². The maximum atomic E-state index is 13.0. The fourth-order valence-electron chi connectivity index (χ4n) is 4.83. The minimum atomic E-state index is 0.379. The Balaban J connectivity index is 1.38. The third-order valence-corrected chi connectivity index (χ3v) is 6.54. The highest BCUT2D eigenvalue weighted by Gasteiger charge is 2.59. The van der Waals surface area contributed by atoms with Gasteiger partial charge >= 0.3 is 0 Å². The van der Waals surface area contributed by atoms with Crippen LogP contribution in [0.1, 0.15) is 64.2 Å². The van der Waals surface area contributed by atoms with Gasteiger partial charge in [-0.3, -0.25) is 4.79 Å². The molecule has 0 bridgehead atoms. The second-order valence-electron chi connectivity index (χ2n) is 8.09. The second-order valence-corrected chi connectivity index (χ2v) is 8.09. The fourth-order valence-corrected chi connectivity index (χ4v) is 4.83. The molecule has 21 heavy (non-hydrogen) atoms. The van der Waals surface area contributed by atoms with Gasteiger partial charge in [-0.15, -0.1) is 0 Å². The Morgan fingerprint density at radius 3 is 2.43 bits per heavy atom. The van der Waals surface area contributed by atoms with E-state index in [4.69, 9.17) is 0 Å². The van der Waals surface area contributed by atoms with Crippen LogP contribution >= 0.6 is 0 Å². The van der Waals surface area contributed by atoms with Crippen LogP contribution in [0.2, 0.25) is 0 Å². The molecule has 1 heterocycles. The average molecular weight is 290 g/mol. The Kier molecular flexibility index (Phi) is 3.72. The second kappa shape index (κ2) is 5.57. The highest BCUT2D eigenvalue weighted by atomic mass is 16.2. The topological polar surface area (TPSA) is 32.3 Å². The van der Waals surface area contributed by atoms with Gasteiger partial charge in [-0.05, 0) is 69.4 Å². The molecular formula is C18H30N2O. The number of nitrogens with zero attached hydrogens (tertiary/aromatic N) is 1. The molecule has 3 heteroatoms. The molecule has 4 aliphatic rings. The summed E-state index contributed by atoms with van der Waals surface area (Å²) < 4.78 is 0. The molecule has 1 spiro atoms. The zero-order valence-corrected chi connectivity index (χ0v) is 13.3. The predicted molar refractivity (Wildman–Crippen MR) is 84.0 cm³/mol. The molecule has 0 aromatic rings. The molecule has 0 aromatic carbocycles. The van der Waals surface area contributed by atoms with Crippen molar-refractivity contribution in [2.24, 2.45) is 17.3 Å². The van der Waals surface area contributed by atoms with E-state index in [1.54, 1.807) is 0 Å². The fraction of sp³-hybridized carbons (Fsp3) is 0.944. The number of rotatable bonds is 4. The summed E-state index contributed by atoms with van der Waals surface area (Å²) in [6.07, 6.45) is 13.1. The number of amides is 1. The van der Waals surface area contributed by atoms with Gasteiger partial charge in [0.2, 0.25) is 5.91 Å². The first kappa shape index (κ1) is 14.0. The van der Waals surface area contributed by atoms with Crippen LogP contribution in [0.5, 0.6) is 0 Å². The zero-order valence-electron chi connectivity index (χ0n) is 13.3. The number of hydrogen-bond donors (Lipinski definition) is 1. The Morgan fingerprint density at radius 2 is 1.76 bits per heavy atom. The smallest absolute Gasteiger partial charge is 0.226 e. The molecular weight excluding hydrogens is 260 g/mol. The molecule has 4 fully saturated rings. The summed E-state index contributed by atoms with van der Waals surface area (Å²) >= 11 is 0. The minimum Gasteiger partial charge on any atom is -0.339 e. The molecule has 1 amide bonds. The Labute approximate surface area is 128 Å². The molecule has 4 rings (SSSR count). The van der Waals surface area contributed by atoms with Crippen molar-refractivity contribution in [3.63, 3.8) is 0 Å². The largest absolute Gasteiger partial charge is 0.339 e. The normalized spacial score (nSPS) is 32.1. The lowest BCUT2D eigenvalue weighted by Gasteiger charge is -2.31. The highest BCUT2D eigenvalue weighted by Crippen LogP contribution is 2.59. The van der Waals surface area contributed by atoms with Gasteiger partial charge in [-0.25, -0.2) is 0 Å². The first-order valence-electron chi connectivity index (χ1n) is 9.30. The monoisotopic (exact) mass is 290 g/mol. The van der Waals surface area contributed by atoms with E-state index >= 15 is 0 Å². The summed E-state index contributed by atoms with van der Waals surface area (Å²) in [5, 5.41) is 3.44. The van der Waals surface area contributed by atoms with Crippen molar-refractivity contribution in [1.29, 1.82) is 0 Å². The number of hydrogen-bond acceptors (Lipinski definition) is 2. The van der Waals surface area contributed by atoms with E-state index in [-0.39, 0.29) is 0 Å². The molecule has 1 atom stereocenters. The average Bonchev–Trinajstić information content (AvgIpc) is 3.43. The van der Waals surface area contributed by atoms with Crippen molar-refractivity contribution in [2.45, 2.75) is 70.3 Å². The molecule has 1 unspecified atom stereocenters. The summed E-state index contributed by atoms with van der Waals surface area (Å²) in [4.78, 5) is 15.4. The number of nitrogens with one attached hydrogen (secondary N) is 1. The van der Waals surface area contributed by atoms with E-state index in [0.29, 0.717) is 23.3 Å². The highest BCUT2D eigenvalue weighted by molar-refractivity contribution is 5.83. The van der Waals surface area contributed by atoms with E-state index in [2.05, 4.69) is 10.2 Å². The van der Waals surface area contributed by atoms with Crippen molar-refractivity contribution in [1.82, 2.24) is 10.2 Å². The Morgan fingerprint density at radius 1 is 1.05 bits per heavy atom. The molecule has 1 saturated heterocycles. The van der Waals surface area contributed by atoms with Gasteiger partial charge in [0.1, 0.15) is 0 Å². The van der Waals surface area contributed by atoms with E-state index in [9.17, 15) is 4.79 Å². The number of carbonyl (C=O) groups excluding carboxylic acids is 1. The summed E-state index contributed by atoms with van der Waals surface area (Å²) in [7, 11) is 0. The van der Waals surface area contributed by atoms with Crippen LogP contribution in [0, 0.1) is 17.3 Å². The van der Waals surface area contributed by atoms with Gasteiger partial charge in [-0.1, -0.05) is 19.3 Å². The van der Waals surface area contributed by atoms with Crippen molar-refractivity contribution in [3.05, 3.63) is 0 Å². The van der Waals surface area contributed by atoms with E-state index in [0.717, 1.165) is 25.6 Å². The Bertz CT molecular complexity index is 392. The summed E-state index contributed by atoms with van der Waals surface area (Å²) in [5.41, 5.74) is 0.405. The van der Waals surface area contributed by atoms with Crippen LogP contribution in [0.4, 0.5) is 0 Å². The van der Waals surface area contributed by atoms with Crippen molar-refractivity contribution >= 4 is 5.91 Å². The summed E-state index contributed by atoms with van der Waals surface area (Å²) in [6, 6.07) is 0.610. The van der Waals surface area contributed by atoms with Crippen LogP contribution in [0.3, 0.4) is 0 Å². The van der Waals surface area contributed by atoms with Crippen molar-refractivity contribution in [2.75, 3.05) is 19.6 Å². The third-order valence-electron chi connectivity index (χ3n) is 6.54. The molecule has 0 aromatic heterocycles. The van der Waals surface area contributed by atoms with Gasteiger partial charge in [0.25, 0.3) is 0 Å². The standard InChI is InChI=1S/C18H30N2O/c21-17(16-12-18(16)8-10-19-11-9-18)20(15-6-7-15)13-14-4-2-1-3-5-14/h14-16,19H,1-13H2. The molecule has 0 radical (unpaired) electrons. The Hall–Kier alpha value is -0.570. The van der Waals surface area contributed by atoms with E-state index < -0.39 is 0 Å². The SMILES string of the molecule is O=C(C1CC12CCNCC2)N(CC1CCCCC1)C1CC1. The molecule has 1 aliphatic heterocycles. The maximum Gasteiger partial charge on any atom is 0.226 e. The summed E-state index contributed by atoms with van der Waals surface area (Å²) in [5.74, 6) is 1.71. The molecule has 118 valence electrons. The zero-order chi connectivity index (χ0) is 14.3. The predicted octanol–water partition coefficient (Wildman–Crippen LogP) is 2.95. The van der Waals surface area contributed by atoms with Crippen LogP contribution in [-0.2, 0) is 4.79 Å². The van der Waals surface area contributed by atoms with Crippen LogP contribution < -0.4 is 5.32 Å². The number of piperidine rings is 1. The molecule has 3 saturated carbocycles. The molecule has 3 aliphatic carbocycles. The maximum absolute atomic E-state index is 13.0.